The van der Waals surface area contributed by atoms with Crippen molar-refractivity contribution in [2.45, 2.75) is 64.1 Å². The van der Waals surface area contributed by atoms with Crippen LogP contribution < -0.4 is 0 Å². The van der Waals surface area contributed by atoms with Gasteiger partial charge in [-0.1, -0.05) is 19.8 Å². The van der Waals surface area contributed by atoms with Gasteiger partial charge in [0.05, 0.1) is 6.10 Å². The summed E-state index contributed by atoms with van der Waals surface area (Å²) in [7, 11) is 4.21. The summed E-state index contributed by atoms with van der Waals surface area (Å²) in [5, 5.41) is 10.9. The number of aryl methyl sites for hydroxylation is 1. The fourth-order valence-electron chi connectivity index (χ4n) is 3.75. The van der Waals surface area contributed by atoms with E-state index in [1.54, 1.807) is 0 Å². The smallest absolute Gasteiger partial charge is 0.111 e. The summed E-state index contributed by atoms with van der Waals surface area (Å²) in [6, 6.07) is 0. The minimum Gasteiger partial charge on any atom is -0.391 e. The molecule has 1 saturated carbocycles. The average molecular weight is 279 g/mol. The molecule has 0 aliphatic heterocycles. The Morgan fingerprint density at radius 3 is 2.90 bits per heavy atom. The van der Waals surface area contributed by atoms with Crippen LogP contribution in [0.25, 0.3) is 0 Å². The first kappa shape index (κ1) is 15.5. The highest BCUT2D eigenvalue weighted by Crippen LogP contribution is 2.39. The van der Waals surface area contributed by atoms with Crippen LogP contribution in [-0.4, -0.2) is 45.3 Å². The van der Waals surface area contributed by atoms with Crippen LogP contribution in [0, 0.1) is 5.92 Å². The lowest BCUT2D eigenvalue weighted by Crippen LogP contribution is -2.56. The zero-order valence-electron chi connectivity index (χ0n) is 13.3. The van der Waals surface area contributed by atoms with Gasteiger partial charge in [-0.25, -0.2) is 4.98 Å². The van der Waals surface area contributed by atoms with Crippen LogP contribution in [0.5, 0.6) is 0 Å². The molecule has 1 heterocycles. The molecule has 0 amide bonds. The van der Waals surface area contributed by atoms with E-state index in [-0.39, 0.29) is 11.6 Å². The van der Waals surface area contributed by atoms with Crippen LogP contribution in [0.2, 0.25) is 0 Å². The maximum Gasteiger partial charge on any atom is 0.111 e. The predicted octanol–water partition coefficient (Wildman–Crippen LogP) is 2.32. The SMILES string of the molecule is CCn1ccnc1CC(O)C1(N(C)C)CCCC(C)C1. The minimum atomic E-state index is -0.354. The summed E-state index contributed by atoms with van der Waals surface area (Å²) >= 11 is 0. The van der Waals surface area contributed by atoms with Crippen molar-refractivity contribution in [2.24, 2.45) is 5.92 Å². The first-order valence-corrected chi connectivity index (χ1v) is 7.85. The molecule has 1 fully saturated rings. The number of likely N-dealkylation sites (N-methyl/N-ethyl adjacent to an activating group) is 1. The molecule has 4 nitrogen and oxygen atoms in total. The molecule has 0 radical (unpaired) electrons. The van der Waals surface area contributed by atoms with Gasteiger partial charge in [0.1, 0.15) is 5.82 Å². The molecular weight excluding hydrogens is 250 g/mol. The van der Waals surface area contributed by atoms with Crippen molar-refractivity contribution in [3.63, 3.8) is 0 Å². The van der Waals surface area contributed by atoms with Crippen molar-refractivity contribution < 1.29 is 5.11 Å². The van der Waals surface area contributed by atoms with Crippen molar-refractivity contribution in [2.75, 3.05) is 14.1 Å². The van der Waals surface area contributed by atoms with Crippen molar-refractivity contribution in [3.8, 4) is 0 Å². The fourth-order valence-corrected chi connectivity index (χ4v) is 3.75. The summed E-state index contributed by atoms with van der Waals surface area (Å²) in [6.07, 6.45) is 8.77. The number of hydrogen-bond donors (Lipinski definition) is 1. The van der Waals surface area contributed by atoms with E-state index in [0.29, 0.717) is 12.3 Å². The molecule has 3 unspecified atom stereocenters. The normalized spacial score (nSPS) is 28.8. The minimum absolute atomic E-state index is 0.0951. The molecule has 0 spiro atoms. The fraction of sp³-hybridized carbons (Fsp3) is 0.812. The molecule has 1 aromatic rings. The highest BCUT2D eigenvalue weighted by atomic mass is 16.3. The largest absolute Gasteiger partial charge is 0.391 e. The monoisotopic (exact) mass is 279 g/mol. The van der Waals surface area contributed by atoms with E-state index in [1.807, 2.05) is 12.4 Å². The van der Waals surface area contributed by atoms with E-state index in [2.05, 4.69) is 42.4 Å². The zero-order valence-corrected chi connectivity index (χ0v) is 13.3. The summed E-state index contributed by atoms with van der Waals surface area (Å²) < 4.78 is 2.12. The third kappa shape index (κ3) is 2.91. The number of aliphatic hydroxyl groups excluding tert-OH is 1. The van der Waals surface area contributed by atoms with E-state index < -0.39 is 0 Å². The average Bonchev–Trinajstić information content (AvgIpc) is 2.85. The van der Waals surface area contributed by atoms with Crippen LogP contribution >= 0.6 is 0 Å². The molecule has 3 atom stereocenters. The predicted molar refractivity (Wildman–Crippen MR) is 81.7 cm³/mol. The highest BCUT2D eigenvalue weighted by Gasteiger charge is 2.43. The number of aliphatic hydroxyl groups is 1. The lowest BCUT2D eigenvalue weighted by atomic mass is 9.71. The molecule has 1 aliphatic carbocycles. The molecule has 0 bridgehead atoms. The van der Waals surface area contributed by atoms with Gasteiger partial charge in [-0.3, -0.25) is 0 Å². The van der Waals surface area contributed by atoms with Gasteiger partial charge in [0, 0.05) is 30.9 Å². The lowest BCUT2D eigenvalue weighted by Gasteiger charge is -2.48. The van der Waals surface area contributed by atoms with Crippen molar-refractivity contribution in [1.82, 2.24) is 14.5 Å². The van der Waals surface area contributed by atoms with Gasteiger partial charge >= 0.3 is 0 Å². The number of imidazole rings is 1. The molecule has 0 aromatic carbocycles. The summed E-state index contributed by atoms with van der Waals surface area (Å²) in [5.41, 5.74) is -0.0951. The van der Waals surface area contributed by atoms with Crippen molar-refractivity contribution in [3.05, 3.63) is 18.2 Å². The summed E-state index contributed by atoms with van der Waals surface area (Å²) in [4.78, 5) is 6.66. The quantitative estimate of drug-likeness (QED) is 0.899. The molecule has 2 rings (SSSR count). The third-order valence-electron chi connectivity index (χ3n) is 5.04. The zero-order chi connectivity index (χ0) is 14.8. The number of nitrogens with zero attached hydrogens (tertiary/aromatic N) is 3. The Bertz CT molecular complexity index is 429. The molecule has 0 saturated heterocycles. The van der Waals surface area contributed by atoms with Crippen LogP contribution in [0.1, 0.15) is 45.4 Å². The topological polar surface area (TPSA) is 41.3 Å². The summed E-state index contributed by atoms with van der Waals surface area (Å²) in [5.74, 6) is 1.69. The molecule has 1 aromatic heterocycles. The molecular formula is C16H29N3O. The molecule has 114 valence electrons. The first-order chi connectivity index (χ1) is 9.49. The number of aromatic nitrogens is 2. The third-order valence-corrected chi connectivity index (χ3v) is 5.04. The van der Waals surface area contributed by atoms with Gasteiger partial charge in [0.25, 0.3) is 0 Å². The number of rotatable bonds is 5. The Balaban J connectivity index is 2.17. The molecule has 1 N–H and O–H groups in total. The molecule has 1 aliphatic rings. The second-order valence-electron chi connectivity index (χ2n) is 6.55. The standard InChI is InChI=1S/C16H29N3O/c1-5-19-10-9-17-15(19)11-14(20)16(18(3)4)8-6-7-13(2)12-16/h9-10,13-14,20H,5-8,11-12H2,1-4H3. The Labute approximate surface area is 122 Å². The first-order valence-electron chi connectivity index (χ1n) is 7.85. The maximum absolute atomic E-state index is 10.9. The Hall–Kier alpha value is -0.870. The Kier molecular flexibility index (Phi) is 4.86. The van der Waals surface area contributed by atoms with Gasteiger partial charge in [-0.2, -0.15) is 0 Å². The van der Waals surface area contributed by atoms with Gasteiger partial charge < -0.3 is 14.6 Å². The van der Waals surface area contributed by atoms with Crippen LogP contribution in [0.3, 0.4) is 0 Å². The molecule has 20 heavy (non-hydrogen) atoms. The summed E-state index contributed by atoms with van der Waals surface area (Å²) in [6.45, 7) is 5.33. The van der Waals surface area contributed by atoms with Gasteiger partial charge in [-0.05, 0) is 39.8 Å². The van der Waals surface area contributed by atoms with E-state index in [1.165, 1.54) is 12.8 Å². The van der Waals surface area contributed by atoms with Crippen LogP contribution in [0.4, 0.5) is 0 Å². The van der Waals surface area contributed by atoms with Gasteiger partial charge in [0.15, 0.2) is 0 Å². The number of hydrogen-bond acceptors (Lipinski definition) is 3. The van der Waals surface area contributed by atoms with Crippen LogP contribution in [0.15, 0.2) is 12.4 Å². The van der Waals surface area contributed by atoms with E-state index >= 15 is 0 Å². The second kappa shape index (κ2) is 6.27. The molecule has 4 heteroatoms. The van der Waals surface area contributed by atoms with Gasteiger partial charge in [0.2, 0.25) is 0 Å². The lowest BCUT2D eigenvalue weighted by molar-refractivity contribution is -0.0435. The van der Waals surface area contributed by atoms with E-state index in [0.717, 1.165) is 25.2 Å². The van der Waals surface area contributed by atoms with Crippen molar-refractivity contribution in [1.29, 1.82) is 0 Å². The maximum atomic E-state index is 10.9. The second-order valence-corrected chi connectivity index (χ2v) is 6.55. The van der Waals surface area contributed by atoms with E-state index in [9.17, 15) is 5.11 Å². The van der Waals surface area contributed by atoms with Gasteiger partial charge in [-0.15, -0.1) is 0 Å². The van der Waals surface area contributed by atoms with E-state index in [4.69, 9.17) is 0 Å². The van der Waals surface area contributed by atoms with Crippen LogP contribution in [-0.2, 0) is 13.0 Å². The van der Waals surface area contributed by atoms with Crippen molar-refractivity contribution >= 4 is 0 Å². The highest BCUT2D eigenvalue weighted by molar-refractivity contribution is 5.04. The Morgan fingerprint density at radius 2 is 2.30 bits per heavy atom. The Morgan fingerprint density at radius 1 is 1.55 bits per heavy atom.